The Labute approximate surface area is 171 Å². The first kappa shape index (κ1) is 19.4. The van der Waals surface area contributed by atoms with Gasteiger partial charge in [0.15, 0.2) is 0 Å². The maximum atomic E-state index is 11.5. The van der Waals surface area contributed by atoms with Crippen LogP contribution in [0, 0.1) is 13.8 Å². The second-order valence-electron chi connectivity index (χ2n) is 7.66. The fourth-order valence-electron chi connectivity index (χ4n) is 3.88. The number of aromatic nitrogens is 4. The fraction of sp³-hybridized carbons (Fsp3) is 0.409. The monoisotopic (exact) mass is 392 g/mol. The number of fused-ring (bicyclic) bond motifs is 1. The van der Waals surface area contributed by atoms with Crippen molar-refractivity contribution in [2.75, 3.05) is 6.54 Å². The molecule has 0 radical (unpaired) electrons. The van der Waals surface area contributed by atoms with Crippen LogP contribution in [0.25, 0.3) is 5.69 Å². The lowest BCUT2D eigenvalue weighted by molar-refractivity contribution is -0.120. The average molecular weight is 393 g/mol. The van der Waals surface area contributed by atoms with Crippen LogP contribution in [0.2, 0.25) is 0 Å². The van der Waals surface area contributed by atoms with Crippen LogP contribution >= 0.6 is 0 Å². The van der Waals surface area contributed by atoms with Crippen LogP contribution < -0.4 is 5.32 Å². The second-order valence-corrected chi connectivity index (χ2v) is 7.66. The van der Waals surface area contributed by atoms with Crippen molar-refractivity contribution >= 4 is 5.91 Å². The van der Waals surface area contributed by atoms with Gasteiger partial charge >= 0.3 is 0 Å². The fourth-order valence-corrected chi connectivity index (χ4v) is 3.88. The van der Waals surface area contributed by atoms with Crippen LogP contribution in [0.1, 0.15) is 41.7 Å². The summed E-state index contributed by atoms with van der Waals surface area (Å²) >= 11 is 0. The molecule has 29 heavy (non-hydrogen) atoms. The molecule has 0 bridgehead atoms. The topological polar surface area (TPSA) is 68.0 Å². The Morgan fingerprint density at radius 2 is 1.97 bits per heavy atom. The van der Waals surface area contributed by atoms with Crippen LogP contribution in [0.4, 0.5) is 0 Å². The zero-order chi connectivity index (χ0) is 20.4. The highest BCUT2D eigenvalue weighted by molar-refractivity contribution is 5.75. The molecular formula is C22H28N6O. The third-order valence-corrected chi connectivity index (χ3v) is 5.34. The van der Waals surface area contributed by atoms with Gasteiger partial charge in [0.1, 0.15) is 0 Å². The first-order valence-corrected chi connectivity index (χ1v) is 10.2. The van der Waals surface area contributed by atoms with E-state index in [1.165, 1.54) is 11.3 Å². The van der Waals surface area contributed by atoms with Crippen LogP contribution in [-0.4, -0.2) is 36.9 Å². The Balaban J connectivity index is 1.48. The molecule has 1 N–H and O–H groups in total. The molecule has 4 rings (SSSR count). The Morgan fingerprint density at radius 3 is 2.72 bits per heavy atom. The smallest absolute Gasteiger partial charge is 0.220 e. The third-order valence-electron chi connectivity index (χ3n) is 5.34. The summed E-state index contributed by atoms with van der Waals surface area (Å²) in [6.45, 7) is 9.98. The number of carbonyl (C=O) groups excluding carboxylic acids is 1. The second kappa shape index (κ2) is 8.21. The summed E-state index contributed by atoms with van der Waals surface area (Å²) in [5, 5.41) is 12.2. The molecule has 7 heteroatoms. The standard InChI is InChI=1S/C22H28N6O/c1-4-22(29)23-13-19-12-20-15-26(9-10-27(20)25-19)14-18-7-5-6-8-21(18)28-17(3)11-16(2)24-28/h5-8,11-12H,4,9-10,13-15H2,1-3H3,(H,23,29). The normalized spacial score (nSPS) is 14.0. The lowest BCUT2D eigenvalue weighted by Gasteiger charge is -2.28. The highest BCUT2D eigenvalue weighted by Crippen LogP contribution is 2.21. The number of rotatable bonds is 6. The van der Waals surface area contributed by atoms with Crippen molar-refractivity contribution in [2.24, 2.45) is 0 Å². The first-order chi connectivity index (χ1) is 14.0. The van der Waals surface area contributed by atoms with E-state index in [9.17, 15) is 4.79 Å². The summed E-state index contributed by atoms with van der Waals surface area (Å²) < 4.78 is 4.10. The summed E-state index contributed by atoms with van der Waals surface area (Å²) in [6, 6.07) is 12.7. The summed E-state index contributed by atoms with van der Waals surface area (Å²) in [4.78, 5) is 13.9. The maximum Gasteiger partial charge on any atom is 0.220 e. The Hall–Kier alpha value is -2.93. The largest absolute Gasteiger partial charge is 0.350 e. The van der Waals surface area contributed by atoms with Crippen molar-refractivity contribution in [1.82, 2.24) is 29.8 Å². The van der Waals surface area contributed by atoms with Gasteiger partial charge in [-0.3, -0.25) is 14.4 Å². The predicted octanol–water partition coefficient (Wildman–Crippen LogP) is 2.73. The number of nitrogens with one attached hydrogen (secondary N) is 1. The minimum Gasteiger partial charge on any atom is -0.350 e. The molecule has 3 aromatic rings. The zero-order valence-corrected chi connectivity index (χ0v) is 17.4. The summed E-state index contributed by atoms with van der Waals surface area (Å²) in [7, 11) is 0. The van der Waals surface area contributed by atoms with Crippen molar-refractivity contribution in [2.45, 2.75) is 53.4 Å². The number of benzene rings is 1. The van der Waals surface area contributed by atoms with E-state index < -0.39 is 0 Å². The Kier molecular flexibility index (Phi) is 5.49. The molecule has 0 unspecified atom stereocenters. The van der Waals surface area contributed by atoms with Gasteiger partial charge in [-0.2, -0.15) is 10.2 Å². The van der Waals surface area contributed by atoms with Gasteiger partial charge in [0.05, 0.1) is 35.9 Å². The van der Waals surface area contributed by atoms with Crippen LogP contribution in [-0.2, 0) is 31.0 Å². The molecule has 1 aliphatic rings. The highest BCUT2D eigenvalue weighted by Gasteiger charge is 2.20. The van der Waals surface area contributed by atoms with E-state index in [1.54, 1.807) is 0 Å². The van der Waals surface area contributed by atoms with Crippen molar-refractivity contribution in [3.63, 3.8) is 0 Å². The van der Waals surface area contributed by atoms with Crippen LogP contribution in [0.5, 0.6) is 0 Å². The van der Waals surface area contributed by atoms with Gasteiger partial charge in [-0.1, -0.05) is 25.1 Å². The van der Waals surface area contributed by atoms with E-state index >= 15 is 0 Å². The van der Waals surface area contributed by atoms with Crippen molar-refractivity contribution in [1.29, 1.82) is 0 Å². The molecule has 2 aromatic heterocycles. The van der Waals surface area contributed by atoms with Gasteiger partial charge in [0.25, 0.3) is 0 Å². The quantitative estimate of drug-likeness (QED) is 0.700. The predicted molar refractivity (Wildman–Crippen MR) is 112 cm³/mol. The molecule has 0 saturated heterocycles. The molecule has 3 heterocycles. The number of carbonyl (C=O) groups is 1. The molecule has 1 amide bonds. The van der Waals surface area contributed by atoms with E-state index in [-0.39, 0.29) is 5.91 Å². The number of hydrogen-bond acceptors (Lipinski definition) is 4. The molecule has 0 aliphatic carbocycles. The number of aryl methyl sites for hydroxylation is 2. The van der Waals surface area contributed by atoms with Gasteiger partial charge in [0, 0.05) is 31.7 Å². The molecule has 0 spiro atoms. The summed E-state index contributed by atoms with van der Waals surface area (Å²) in [6.07, 6.45) is 0.496. The van der Waals surface area contributed by atoms with Gasteiger partial charge in [0.2, 0.25) is 5.91 Å². The van der Waals surface area contributed by atoms with E-state index in [2.05, 4.69) is 68.4 Å². The Bertz CT molecular complexity index is 1020. The van der Waals surface area contributed by atoms with Gasteiger partial charge in [-0.15, -0.1) is 0 Å². The summed E-state index contributed by atoms with van der Waals surface area (Å²) in [5.74, 6) is 0.0540. The van der Waals surface area contributed by atoms with Crippen LogP contribution in [0.15, 0.2) is 36.4 Å². The average Bonchev–Trinajstić information content (AvgIpc) is 3.28. The van der Waals surface area contributed by atoms with Crippen molar-refractivity contribution in [3.8, 4) is 5.69 Å². The van der Waals surface area contributed by atoms with Gasteiger partial charge in [-0.25, -0.2) is 4.68 Å². The third kappa shape index (κ3) is 4.24. The lowest BCUT2D eigenvalue weighted by atomic mass is 10.1. The van der Waals surface area contributed by atoms with Gasteiger partial charge in [-0.05, 0) is 37.6 Å². The minimum atomic E-state index is 0.0540. The van der Waals surface area contributed by atoms with E-state index in [1.807, 2.05) is 18.5 Å². The minimum absolute atomic E-state index is 0.0540. The number of hydrogen-bond donors (Lipinski definition) is 1. The zero-order valence-electron chi connectivity index (χ0n) is 17.4. The molecule has 1 aromatic carbocycles. The van der Waals surface area contributed by atoms with Crippen LogP contribution in [0.3, 0.4) is 0 Å². The summed E-state index contributed by atoms with van der Waals surface area (Å²) in [5.41, 5.74) is 6.70. The number of para-hydroxylation sites is 1. The molecule has 0 saturated carbocycles. The molecule has 7 nitrogen and oxygen atoms in total. The van der Waals surface area contributed by atoms with E-state index in [4.69, 9.17) is 0 Å². The maximum absolute atomic E-state index is 11.5. The number of nitrogens with zero attached hydrogens (tertiary/aromatic N) is 5. The van der Waals surface area contributed by atoms with Crippen molar-refractivity contribution in [3.05, 3.63) is 64.7 Å². The first-order valence-electron chi connectivity index (χ1n) is 10.2. The van der Waals surface area contributed by atoms with Gasteiger partial charge < -0.3 is 5.32 Å². The molecule has 1 aliphatic heterocycles. The lowest BCUT2D eigenvalue weighted by Crippen LogP contribution is -2.33. The molecule has 152 valence electrons. The highest BCUT2D eigenvalue weighted by atomic mass is 16.1. The van der Waals surface area contributed by atoms with E-state index in [0.717, 1.165) is 48.9 Å². The molecular weight excluding hydrogens is 364 g/mol. The number of amides is 1. The molecule has 0 fully saturated rings. The van der Waals surface area contributed by atoms with E-state index in [0.29, 0.717) is 13.0 Å². The Morgan fingerprint density at radius 1 is 1.14 bits per heavy atom. The molecule has 0 atom stereocenters. The van der Waals surface area contributed by atoms with Crippen molar-refractivity contribution < 1.29 is 4.79 Å². The SMILES string of the molecule is CCC(=O)NCc1cc2n(n1)CCN(Cc1ccccc1-n1nc(C)cc1C)C2.